The zero-order valence-corrected chi connectivity index (χ0v) is 15.7. The lowest BCUT2D eigenvalue weighted by Crippen LogP contribution is -2.45. The van der Waals surface area contributed by atoms with Crippen LogP contribution in [-0.4, -0.2) is 34.7 Å². The number of hydrogen-bond donors (Lipinski definition) is 3. The third-order valence-electron chi connectivity index (χ3n) is 4.52. The molecule has 4 N–H and O–H groups in total. The van der Waals surface area contributed by atoms with Crippen molar-refractivity contribution in [2.75, 3.05) is 13.7 Å². The van der Waals surface area contributed by atoms with Crippen LogP contribution in [-0.2, 0) is 11.3 Å². The zero-order chi connectivity index (χ0) is 17.6. The van der Waals surface area contributed by atoms with Crippen LogP contribution >= 0.6 is 12.4 Å². The number of carbonyl (C=O) groups is 1. The molecule has 0 saturated heterocycles. The molecule has 0 atom stereocenters. The van der Waals surface area contributed by atoms with Gasteiger partial charge in [-0.25, -0.2) is 4.98 Å². The largest absolute Gasteiger partial charge is 0.497 e. The maximum Gasteiger partial charge on any atom is 0.227 e. The van der Waals surface area contributed by atoms with Crippen LogP contribution in [0.25, 0.3) is 11.4 Å². The molecule has 0 spiro atoms. The number of nitrogens with two attached hydrogens (primary N) is 1. The van der Waals surface area contributed by atoms with Gasteiger partial charge in [0.2, 0.25) is 5.91 Å². The molecule has 0 aliphatic heterocycles. The quantitative estimate of drug-likeness (QED) is 0.663. The fourth-order valence-corrected chi connectivity index (χ4v) is 2.55. The molecule has 0 fully saturated rings. The first-order valence-electron chi connectivity index (χ1n) is 8.12. The smallest absolute Gasteiger partial charge is 0.227 e. The number of ether oxygens (including phenoxy) is 1. The summed E-state index contributed by atoms with van der Waals surface area (Å²) < 4.78 is 5.13. The first-order valence-corrected chi connectivity index (χ1v) is 8.12. The van der Waals surface area contributed by atoms with E-state index in [2.05, 4.69) is 20.5 Å². The predicted molar refractivity (Wildman–Crippen MR) is 99.5 cm³/mol. The molecule has 8 heteroatoms. The third-order valence-corrected chi connectivity index (χ3v) is 4.52. The van der Waals surface area contributed by atoms with Gasteiger partial charge in [-0.05, 0) is 37.1 Å². The summed E-state index contributed by atoms with van der Waals surface area (Å²) in [4.78, 5) is 16.8. The SMILES string of the molecule is CCC(CC)(CN)C(=O)NCc1nc(-c2ccc(OC)cc2)n[nH]1.Cl. The molecular formula is C17H26ClN5O2. The number of aromatic nitrogens is 3. The van der Waals surface area contributed by atoms with Crippen LogP contribution in [0.3, 0.4) is 0 Å². The lowest BCUT2D eigenvalue weighted by atomic mass is 9.81. The molecule has 0 aliphatic carbocycles. The molecule has 1 heterocycles. The van der Waals surface area contributed by atoms with Crippen molar-refractivity contribution >= 4 is 18.3 Å². The number of carbonyl (C=O) groups excluding carboxylic acids is 1. The summed E-state index contributed by atoms with van der Waals surface area (Å²) in [5.74, 6) is 1.92. The van der Waals surface area contributed by atoms with Gasteiger partial charge in [0.25, 0.3) is 0 Å². The second-order valence-corrected chi connectivity index (χ2v) is 5.71. The average molecular weight is 368 g/mol. The number of methoxy groups -OCH3 is 1. The molecule has 25 heavy (non-hydrogen) atoms. The van der Waals surface area contributed by atoms with Crippen molar-refractivity contribution in [1.29, 1.82) is 0 Å². The van der Waals surface area contributed by atoms with Crippen molar-refractivity contribution in [3.05, 3.63) is 30.1 Å². The van der Waals surface area contributed by atoms with Gasteiger partial charge in [-0.15, -0.1) is 12.4 Å². The summed E-state index contributed by atoms with van der Waals surface area (Å²) in [6.07, 6.45) is 1.42. The van der Waals surface area contributed by atoms with E-state index >= 15 is 0 Å². The van der Waals surface area contributed by atoms with Crippen molar-refractivity contribution in [3.8, 4) is 17.1 Å². The zero-order valence-electron chi connectivity index (χ0n) is 14.8. The highest BCUT2D eigenvalue weighted by Crippen LogP contribution is 2.25. The highest BCUT2D eigenvalue weighted by Gasteiger charge is 2.33. The van der Waals surface area contributed by atoms with E-state index in [1.165, 1.54) is 0 Å². The molecule has 0 bridgehead atoms. The number of nitrogens with zero attached hydrogens (tertiary/aromatic N) is 2. The van der Waals surface area contributed by atoms with Crippen LogP contribution in [0.1, 0.15) is 32.5 Å². The van der Waals surface area contributed by atoms with Crippen LogP contribution in [0.4, 0.5) is 0 Å². The molecule has 0 saturated carbocycles. The minimum absolute atomic E-state index is 0. The summed E-state index contributed by atoms with van der Waals surface area (Å²) in [5.41, 5.74) is 6.16. The molecule has 2 aromatic rings. The normalized spacial score (nSPS) is 10.9. The minimum atomic E-state index is -0.515. The maximum atomic E-state index is 12.4. The van der Waals surface area contributed by atoms with E-state index in [1.54, 1.807) is 7.11 Å². The van der Waals surface area contributed by atoms with Crippen LogP contribution in [0.2, 0.25) is 0 Å². The Morgan fingerprint density at radius 2 is 1.92 bits per heavy atom. The topological polar surface area (TPSA) is 106 Å². The standard InChI is InChI=1S/C17H25N5O2.ClH/c1-4-17(5-2,11-18)16(23)19-10-14-20-15(22-21-14)12-6-8-13(24-3)9-7-12;/h6-9H,4-5,10-11,18H2,1-3H3,(H,19,23)(H,20,21,22);1H. The number of amides is 1. The lowest BCUT2D eigenvalue weighted by molar-refractivity contribution is -0.131. The summed E-state index contributed by atoms with van der Waals surface area (Å²) in [6, 6.07) is 7.48. The molecule has 2 rings (SSSR count). The first-order chi connectivity index (χ1) is 11.6. The Labute approximate surface area is 154 Å². The van der Waals surface area contributed by atoms with Gasteiger partial charge >= 0.3 is 0 Å². The van der Waals surface area contributed by atoms with Crippen molar-refractivity contribution in [2.24, 2.45) is 11.1 Å². The Morgan fingerprint density at radius 1 is 1.28 bits per heavy atom. The monoisotopic (exact) mass is 367 g/mol. The number of rotatable bonds is 8. The summed E-state index contributed by atoms with van der Waals surface area (Å²) >= 11 is 0. The molecule has 138 valence electrons. The molecule has 7 nitrogen and oxygen atoms in total. The van der Waals surface area contributed by atoms with Gasteiger partial charge < -0.3 is 15.8 Å². The molecule has 0 aliphatic rings. The first kappa shape index (κ1) is 20.9. The van der Waals surface area contributed by atoms with E-state index in [4.69, 9.17) is 10.5 Å². The second kappa shape index (κ2) is 9.39. The van der Waals surface area contributed by atoms with Gasteiger partial charge in [0.05, 0.1) is 19.1 Å². The Balaban J connectivity index is 0.00000312. The Bertz CT molecular complexity index is 660. The Morgan fingerprint density at radius 3 is 2.44 bits per heavy atom. The van der Waals surface area contributed by atoms with E-state index in [0.29, 0.717) is 37.6 Å². The summed E-state index contributed by atoms with van der Waals surface area (Å²) in [5, 5.41) is 9.95. The maximum absolute atomic E-state index is 12.4. The van der Waals surface area contributed by atoms with Gasteiger partial charge in [0.15, 0.2) is 5.82 Å². The van der Waals surface area contributed by atoms with Gasteiger partial charge in [0, 0.05) is 12.1 Å². The summed E-state index contributed by atoms with van der Waals surface area (Å²) in [6.45, 7) is 4.58. The molecule has 0 unspecified atom stereocenters. The van der Waals surface area contributed by atoms with E-state index in [0.717, 1.165) is 11.3 Å². The predicted octanol–water partition coefficient (Wildman–Crippen LogP) is 2.28. The summed E-state index contributed by atoms with van der Waals surface area (Å²) in [7, 11) is 1.62. The molecule has 1 aromatic carbocycles. The van der Waals surface area contributed by atoms with Gasteiger partial charge in [0.1, 0.15) is 11.6 Å². The second-order valence-electron chi connectivity index (χ2n) is 5.71. The van der Waals surface area contributed by atoms with E-state index in [-0.39, 0.29) is 18.3 Å². The van der Waals surface area contributed by atoms with Gasteiger partial charge in [-0.3, -0.25) is 9.89 Å². The van der Waals surface area contributed by atoms with Crippen LogP contribution in [0.5, 0.6) is 5.75 Å². The van der Waals surface area contributed by atoms with Crippen molar-refractivity contribution in [2.45, 2.75) is 33.2 Å². The fourth-order valence-electron chi connectivity index (χ4n) is 2.55. The number of H-pyrrole nitrogens is 1. The van der Waals surface area contributed by atoms with Crippen LogP contribution in [0.15, 0.2) is 24.3 Å². The number of benzene rings is 1. The van der Waals surface area contributed by atoms with E-state index in [9.17, 15) is 4.79 Å². The van der Waals surface area contributed by atoms with Crippen molar-refractivity contribution in [3.63, 3.8) is 0 Å². The number of hydrogen-bond acceptors (Lipinski definition) is 5. The Hall–Kier alpha value is -2.12. The number of nitrogens with one attached hydrogen (secondary N) is 2. The third kappa shape index (κ3) is 4.70. The van der Waals surface area contributed by atoms with E-state index in [1.807, 2.05) is 38.1 Å². The van der Waals surface area contributed by atoms with Crippen molar-refractivity contribution in [1.82, 2.24) is 20.5 Å². The average Bonchev–Trinajstić information content (AvgIpc) is 3.11. The molecule has 1 aromatic heterocycles. The molecular weight excluding hydrogens is 342 g/mol. The molecule has 1 amide bonds. The number of aromatic amines is 1. The van der Waals surface area contributed by atoms with E-state index < -0.39 is 5.41 Å². The van der Waals surface area contributed by atoms with Crippen LogP contribution in [0, 0.1) is 5.41 Å². The fraction of sp³-hybridized carbons (Fsp3) is 0.471. The lowest BCUT2D eigenvalue weighted by Gasteiger charge is -2.28. The van der Waals surface area contributed by atoms with Crippen LogP contribution < -0.4 is 15.8 Å². The highest BCUT2D eigenvalue weighted by molar-refractivity contribution is 5.85. The van der Waals surface area contributed by atoms with Gasteiger partial charge in [-0.1, -0.05) is 13.8 Å². The van der Waals surface area contributed by atoms with Gasteiger partial charge in [-0.2, -0.15) is 5.10 Å². The minimum Gasteiger partial charge on any atom is -0.497 e. The van der Waals surface area contributed by atoms with Crippen molar-refractivity contribution < 1.29 is 9.53 Å². The highest BCUT2D eigenvalue weighted by atomic mass is 35.5. The number of halogens is 1. The molecule has 0 radical (unpaired) electrons. The Kier molecular flexibility index (Phi) is 7.86.